The lowest BCUT2D eigenvalue weighted by Gasteiger charge is -2.21. The van der Waals surface area contributed by atoms with E-state index in [1.807, 2.05) is 12.1 Å². The van der Waals surface area contributed by atoms with Gasteiger partial charge in [0.1, 0.15) is 0 Å². The smallest absolute Gasteiger partial charge is 0.306 e. The molecule has 29 heavy (non-hydrogen) atoms. The van der Waals surface area contributed by atoms with Gasteiger partial charge < -0.3 is 10.2 Å². The number of hydrogen-bond acceptors (Lipinski definition) is 4. The lowest BCUT2D eigenvalue weighted by atomic mass is 9.90. The molecule has 2 aliphatic rings. The number of benzene rings is 2. The van der Waals surface area contributed by atoms with Crippen LogP contribution in [0, 0.1) is 21.8 Å². The third-order valence-corrected chi connectivity index (χ3v) is 5.59. The summed E-state index contributed by atoms with van der Waals surface area (Å²) in [5.74, 6) is -2.11. The first-order valence-corrected chi connectivity index (χ1v) is 9.60. The topological polar surface area (TPSA) is 92.6 Å². The summed E-state index contributed by atoms with van der Waals surface area (Å²) >= 11 is 0. The number of carbonyl (C=O) groups is 2. The van der Waals surface area contributed by atoms with E-state index in [1.54, 1.807) is 0 Å². The number of halogens is 1. The lowest BCUT2D eigenvalue weighted by Crippen LogP contribution is -2.28. The maximum absolute atomic E-state index is 13.6. The molecule has 0 aromatic heterocycles. The summed E-state index contributed by atoms with van der Waals surface area (Å²) in [4.78, 5) is 36.7. The molecular formula is C21H20FN3O4. The molecule has 1 N–H and O–H groups in total. The van der Waals surface area contributed by atoms with Crippen molar-refractivity contribution in [3.05, 3.63) is 63.5 Å². The minimum Gasteiger partial charge on any atom is -0.326 e. The number of carbonyl (C=O) groups excluding carboxylic acids is 2. The highest BCUT2D eigenvalue weighted by Crippen LogP contribution is 2.32. The standard InChI is InChI=1S/C21H20FN3O4/c22-17-9-8-15(11-19(17)25(28)29)24-12-14(10-20(24)26)21(27)23-18-7-3-5-13-4-1-2-6-16(13)18/h3,5,7-9,11,14H,1-2,4,6,10,12H2,(H,23,27). The number of hydrogen-bond donors (Lipinski definition) is 1. The van der Waals surface area contributed by atoms with E-state index < -0.39 is 22.3 Å². The molecule has 4 rings (SSSR count). The molecule has 2 aromatic rings. The Morgan fingerprint density at radius 2 is 2.00 bits per heavy atom. The van der Waals surface area contributed by atoms with Gasteiger partial charge in [0.15, 0.2) is 0 Å². The fourth-order valence-electron chi connectivity index (χ4n) is 4.07. The van der Waals surface area contributed by atoms with Crippen molar-refractivity contribution in [1.82, 2.24) is 0 Å². The summed E-state index contributed by atoms with van der Waals surface area (Å²) in [6.45, 7) is 0.0997. The first kappa shape index (κ1) is 19.0. The van der Waals surface area contributed by atoms with Crippen LogP contribution in [0.4, 0.5) is 21.5 Å². The number of nitrogens with zero attached hydrogens (tertiary/aromatic N) is 2. The van der Waals surface area contributed by atoms with Crippen LogP contribution in [-0.4, -0.2) is 23.3 Å². The Morgan fingerprint density at radius 1 is 1.21 bits per heavy atom. The van der Waals surface area contributed by atoms with Crippen molar-refractivity contribution in [2.45, 2.75) is 32.1 Å². The second-order valence-corrected chi connectivity index (χ2v) is 7.44. The molecule has 150 valence electrons. The van der Waals surface area contributed by atoms with Gasteiger partial charge in [-0.05, 0) is 55.0 Å². The fraction of sp³-hybridized carbons (Fsp3) is 0.333. The van der Waals surface area contributed by atoms with Crippen molar-refractivity contribution in [3.8, 4) is 0 Å². The summed E-state index contributed by atoms with van der Waals surface area (Å²) < 4.78 is 13.6. The van der Waals surface area contributed by atoms with E-state index in [4.69, 9.17) is 0 Å². The monoisotopic (exact) mass is 397 g/mol. The van der Waals surface area contributed by atoms with Gasteiger partial charge in [-0.2, -0.15) is 4.39 Å². The molecule has 0 radical (unpaired) electrons. The molecular weight excluding hydrogens is 377 g/mol. The Hall–Kier alpha value is -3.29. The zero-order valence-electron chi connectivity index (χ0n) is 15.7. The average Bonchev–Trinajstić information content (AvgIpc) is 3.10. The highest BCUT2D eigenvalue weighted by Gasteiger charge is 2.36. The third-order valence-electron chi connectivity index (χ3n) is 5.59. The highest BCUT2D eigenvalue weighted by molar-refractivity contribution is 6.03. The van der Waals surface area contributed by atoms with E-state index in [9.17, 15) is 24.1 Å². The Bertz CT molecular complexity index is 1010. The average molecular weight is 397 g/mol. The van der Waals surface area contributed by atoms with Gasteiger partial charge in [-0.15, -0.1) is 0 Å². The minimum atomic E-state index is -0.964. The second-order valence-electron chi connectivity index (χ2n) is 7.44. The molecule has 1 atom stereocenters. The Labute approximate surface area is 166 Å². The largest absolute Gasteiger partial charge is 0.326 e. The fourth-order valence-corrected chi connectivity index (χ4v) is 4.07. The van der Waals surface area contributed by atoms with E-state index in [2.05, 4.69) is 11.4 Å². The van der Waals surface area contributed by atoms with E-state index in [0.717, 1.165) is 49.1 Å². The van der Waals surface area contributed by atoms with Crippen LogP contribution in [0.25, 0.3) is 0 Å². The van der Waals surface area contributed by atoms with Gasteiger partial charge in [-0.25, -0.2) is 0 Å². The summed E-state index contributed by atoms with van der Waals surface area (Å²) in [6, 6.07) is 9.18. The van der Waals surface area contributed by atoms with Crippen LogP contribution < -0.4 is 10.2 Å². The van der Waals surface area contributed by atoms with Crippen LogP contribution in [0.5, 0.6) is 0 Å². The highest BCUT2D eigenvalue weighted by atomic mass is 19.1. The summed E-state index contributed by atoms with van der Waals surface area (Å²) in [7, 11) is 0. The van der Waals surface area contributed by atoms with Crippen molar-refractivity contribution in [2.24, 2.45) is 5.92 Å². The summed E-state index contributed by atoms with van der Waals surface area (Å²) in [5.41, 5.74) is 2.71. The second kappa shape index (κ2) is 7.62. The molecule has 1 aliphatic carbocycles. The predicted molar refractivity (Wildman–Crippen MR) is 105 cm³/mol. The van der Waals surface area contributed by atoms with Crippen LogP contribution in [0.15, 0.2) is 36.4 Å². The van der Waals surface area contributed by atoms with E-state index in [-0.39, 0.29) is 30.5 Å². The van der Waals surface area contributed by atoms with Crippen molar-refractivity contribution >= 4 is 28.9 Å². The molecule has 0 saturated carbocycles. The van der Waals surface area contributed by atoms with Gasteiger partial charge in [-0.3, -0.25) is 19.7 Å². The molecule has 2 aromatic carbocycles. The van der Waals surface area contributed by atoms with Gasteiger partial charge in [0, 0.05) is 24.7 Å². The molecule has 1 saturated heterocycles. The molecule has 7 nitrogen and oxygen atoms in total. The molecule has 1 aliphatic heterocycles. The van der Waals surface area contributed by atoms with Gasteiger partial charge in [0.2, 0.25) is 17.6 Å². The molecule has 8 heteroatoms. The number of nitrogens with one attached hydrogen (secondary N) is 1. The predicted octanol–water partition coefficient (Wildman–Crippen LogP) is 3.60. The number of aryl methyl sites for hydroxylation is 1. The van der Waals surface area contributed by atoms with Crippen molar-refractivity contribution < 1.29 is 18.9 Å². The SMILES string of the molecule is O=C(Nc1cccc2c1CCCC2)C1CC(=O)N(c2ccc(F)c([N+](=O)[O-])c2)C1. The third kappa shape index (κ3) is 3.70. The van der Waals surface area contributed by atoms with E-state index >= 15 is 0 Å². The molecule has 0 bridgehead atoms. The number of amides is 2. The number of rotatable bonds is 4. The van der Waals surface area contributed by atoms with Crippen LogP contribution in [0.3, 0.4) is 0 Å². The van der Waals surface area contributed by atoms with Gasteiger partial charge in [0.05, 0.1) is 16.5 Å². The van der Waals surface area contributed by atoms with Gasteiger partial charge in [0.25, 0.3) is 0 Å². The van der Waals surface area contributed by atoms with Crippen molar-refractivity contribution in [2.75, 3.05) is 16.8 Å². The molecule has 1 unspecified atom stereocenters. The number of fused-ring (bicyclic) bond motifs is 1. The van der Waals surface area contributed by atoms with Crippen LogP contribution in [-0.2, 0) is 22.4 Å². The Morgan fingerprint density at radius 3 is 2.79 bits per heavy atom. The first-order chi connectivity index (χ1) is 13.9. The van der Waals surface area contributed by atoms with E-state index in [0.29, 0.717) is 0 Å². The summed E-state index contributed by atoms with van der Waals surface area (Å²) in [5, 5.41) is 13.9. The maximum atomic E-state index is 13.6. The molecule has 1 fully saturated rings. The van der Waals surface area contributed by atoms with Crippen LogP contribution in [0.1, 0.15) is 30.4 Å². The molecule has 1 heterocycles. The quantitative estimate of drug-likeness (QED) is 0.630. The normalized spacial score (nSPS) is 18.4. The lowest BCUT2D eigenvalue weighted by molar-refractivity contribution is -0.387. The maximum Gasteiger partial charge on any atom is 0.306 e. The molecule has 0 spiro atoms. The Balaban J connectivity index is 1.51. The number of nitro groups is 1. The summed E-state index contributed by atoms with van der Waals surface area (Å²) in [6.07, 6.45) is 4.14. The molecule has 2 amide bonds. The number of nitro benzene ring substituents is 1. The zero-order valence-corrected chi connectivity index (χ0v) is 15.7. The van der Waals surface area contributed by atoms with Crippen molar-refractivity contribution in [1.29, 1.82) is 0 Å². The van der Waals surface area contributed by atoms with Gasteiger partial charge in [-0.1, -0.05) is 12.1 Å². The van der Waals surface area contributed by atoms with Gasteiger partial charge >= 0.3 is 5.69 Å². The van der Waals surface area contributed by atoms with Crippen LogP contribution >= 0.6 is 0 Å². The Kier molecular flexibility index (Phi) is 5.00. The minimum absolute atomic E-state index is 0.00598. The zero-order chi connectivity index (χ0) is 20.5. The van der Waals surface area contributed by atoms with E-state index in [1.165, 1.54) is 16.5 Å². The number of anilines is 2. The van der Waals surface area contributed by atoms with Crippen LogP contribution in [0.2, 0.25) is 0 Å². The van der Waals surface area contributed by atoms with Crippen molar-refractivity contribution in [3.63, 3.8) is 0 Å². The first-order valence-electron chi connectivity index (χ1n) is 9.60.